The molecular weight excluding hydrogens is 434 g/mol. The van der Waals surface area contributed by atoms with E-state index in [1.165, 1.54) is 52.3 Å². The van der Waals surface area contributed by atoms with E-state index in [0.29, 0.717) is 17.2 Å². The second kappa shape index (κ2) is 8.88. The zero-order valence-electron chi connectivity index (χ0n) is 17.6. The first-order valence-corrected chi connectivity index (χ1v) is 10.7. The Hall–Kier alpha value is -3.59. The van der Waals surface area contributed by atoms with Gasteiger partial charge in [0.1, 0.15) is 5.82 Å². The van der Waals surface area contributed by atoms with Crippen LogP contribution in [0.3, 0.4) is 0 Å². The van der Waals surface area contributed by atoms with Crippen LogP contribution in [0.2, 0.25) is 0 Å². The van der Waals surface area contributed by atoms with Crippen LogP contribution in [0.1, 0.15) is 24.5 Å². The van der Waals surface area contributed by atoms with E-state index in [2.05, 4.69) is 10.1 Å². The molecule has 0 atom stereocenters. The Bertz CT molecular complexity index is 1240. The molecular formula is C23H20F2N4O2S. The summed E-state index contributed by atoms with van der Waals surface area (Å²) < 4.78 is 34.2. The molecule has 0 radical (unpaired) electrons. The van der Waals surface area contributed by atoms with Gasteiger partial charge >= 0.3 is 0 Å². The Kier molecular flexibility index (Phi) is 6.00. The van der Waals surface area contributed by atoms with Gasteiger partial charge in [-0.2, -0.15) is 0 Å². The molecule has 4 rings (SSSR count). The van der Waals surface area contributed by atoms with Crippen LogP contribution in [0.15, 0.2) is 60.0 Å². The van der Waals surface area contributed by atoms with Crippen LogP contribution in [0, 0.1) is 11.6 Å². The van der Waals surface area contributed by atoms with Crippen molar-refractivity contribution in [3.8, 4) is 22.1 Å². The Labute approximate surface area is 187 Å². The number of halogens is 2. The predicted octanol–water partition coefficient (Wildman–Crippen LogP) is 5.34. The van der Waals surface area contributed by atoms with E-state index in [1.807, 2.05) is 31.4 Å². The van der Waals surface area contributed by atoms with Gasteiger partial charge in [-0.15, -0.1) is 16.4 Å². The summed E-state index contributed by atoms with van der Waals surface area (Å²) in [5, 5.41) is 6.32. The molecule has 0 saturated carbocycles. The van der Waals surface area contributed by atoms with E-state index in [-0.39, 0.29) is 23.4 Å². The third-order valence-corrected chi connectivity index (χ3v) is 5.63. The van der Waals surface area contributed by atoms with Gasteiger partial charge in [0.05, 0.1) is 17.7 Å². The first-order valence-electron chi connectivity index (χ1n) is 9.83. The maximum atomic E-state index is 14.3. The van der Waals surface area contributed by atoms with E-state index in [1.54, 1.807) is 18.2 Å². The topological polar surface area (TPSA) is 60.2 Å². The van der Waals surface area contributed by atoms with E-state index >= 15 is 0 Å². The van der Waals surface area contributed by atoms with Gasteiger partial charge in [-0.05, 0) is 61.7 Å². The van der Waals surface area contributed by atoms with E-state index in [0.717, 1.165) is 4.88 Å². The van der Waals surface area contributed by atoms with E-state index in [9.17, 15) is 13.6 Å². The molecule has 0 spiro atoms. The minimum absolute atomic E-state index is 0.0531. The largest absolute Gasteiger partial charge is 0.494 e. The average Bonchev–Trinajstić information content (AvgIpc) is 3.44. The van der Waals surface area contributed by atoms with Crippen LogP contribution in [0.25, 0.3) is 16.4 Å². The molecule has 1 amide bonds. The summed E-state index contributed by atoms with van der Waals surface area (Å²) in [4.78, 5) is 20.2. The molecule has 0 saturated heterocycles. The molecule has 32 heavy (non-hydrogen) atoms. The van der Waals surface area contributed by atoms with Crippen LogP contribution >= 0.6 is 11.3 Å². The summed E-state index contributed by atoms with van der Waals surface area (Å²) in [5.41, 5.74) is 0.923. The molecule has 9 heteroatoms. The highest BCUT2D eigenvalue weighted by Crippen LogP contribution is 2.29. The van der Waals surface area contributed by atoms with Gasteiger partial charge in [0.2, 0.25) is 5.82 Å². The number of benzene rings is 2. The van der Waals surface area contributed by atoms with Crippen LogP contribution in [-0.2, 0) is 0 Å². The highest BCUT2D eigenvalue weighted by Gasteiger charge is 2.27. The lowest BCUT2D eigenvalue weighted by molar-refractivity contribution is 0.0970. The molecule has 2 heterocycles. The number of thiophene rings is 1. The Balaban J connectivity index is 1.79. The van der Waals surface area contributed by atoms with Crippen LogP contribution in [-0.4, -0.2) is 33.8 Å². The molecule has 0 unspecified atom stereocenters. The number of carbonyl (C=O) groups excluding carboxylic acids is 1. The smallest absolute Gasteiger partial charge is 0.298 e. The lowest BCUT2D eigenvalue weighted by Crippen LogP contribution is -2.37. The number of amides is 1. The van der Waals surface area contributed by atoms with Crippen molar-refractivity contribution in [3.63, 3.8) is 0 Å². The summed E-state index contributed by atoms with van der Waals surface area (Å²) in [5.74, 6) is -0.947. The lowest BCUT2D eigenvalue weighted by atomic mass is 10.2. The van der Waals surface area contributed by atoms with Crippen LogP contribution in [0.4, 0.5) is 14.5 Å². The van der Waals surface area contributed by atoms with E-state index < -0.39 is 11.7 Å². The third kappa shape index (κ3) is 4.11. The summed E-state index contributed by atoms with van der Waals surface area (Å²) in [7, 11) is 1.38. The number of nitrogens with zero attached hydrogens (tertiary/aromatic N) is 4. The quantitative estimate of drug-likeness (QED) is 0.395. The molecule has 0 fully saturated rings. The number of rotatable bonds is 6. The van der Waals surface area contributed by atoms with Crippen LogP contribution < -0.4 is 9.64 Å². The van der Waals surface area contributed by atoms with Crippen molar-refractivity contribution >= 4 is 22.9 Å². The van der Waals surface area contributed by atoms with Gasteiger partial charge in [-0.25, -0.2) is 18.4 Å². The maximum Gasteiger partial charge on any atom is 0.298 e. The fraction of sp³-hybridized carbons (Fsp3) is 0.174. The van der Waals surface area contributed by atoms with Gasteiger partial charge in [0.25, 0.3) is 5.91 Å². The molecule has 6 nitrogen and oxygen atoms in total. The number of hydrogen-bond donors (Lipinski definition) is 0. The SMILES string of the molecule is COc1ccc(N(C(=O)c2nc(-c3cccs3)n(-c3ccc(F)cc3)n2)C(C)C)cc1F. The zero-order chi connectivity index (χ0) is 22.8. The van der Waals surface area contributed by atoms with Gasteiger partial charge in [0, 0.05) is 17.8 Å². The molecule has 2 aromatic heterocycles. The lowest BCUT2D eigenvalue weighted by Gasteiger charge is -2.26. The van der Waals surface area contributed by atoms with Crippen molar-refractivity contribution in [2.75, 3.05) is 12.0 Å². The fourth-order valence-corrected chi connectivity index (χ4v) is 3.99. The van der Waals surface area contributed by atoms with E-state index in [4.69, 9.17) is 4.74 Å². The standard InChI is InChI=1S/C23H20F2N4O2S/c1-14(2)28(17-10-11-19(31-3)18(25)13-17)23(30)21-26-22(20-5-4-12-32-20)29(27-21)16-8-6-15(24)7-9-16/h4-14H,1-3H3. The van der Waals surface area contributed by atoms with Gasteiger partial charge < -0.3 is 9.64 Å². The Morgan fingerprint density at radius 1 is 1.12 bits per heavy atom. The monoisotopic (exact) mass is 454 g/mol. The number of aromatic nitrogens is 3. The maximum absolute atomic E-state index is 14.3. The predicted molar refractivity (Wildman–Crippen MR) is 120 cm³/mol. The fourth-order valence-electron chi connectivity index (χ4n) is 3.29. The molecule has 0 aliphatic rings. The summed E-state index contributed by atoms with van der Waals surface area (Å²) in [6, 6.07) is 13.5. The molecule has 0 N–H and O–H groups in total. The zero-order valence-corrected chi connectivity index (χ0v) is 18.4. The Morgan fingerprint density at radius 2 is 1.88 bits per heavy atom. The van der Waals surface area contributed by atoms with Crippen molar-refractivity contribution in [1.29, 1.82) is 0 Å². The van der Waals surface area contributed by atoms with Gasteiger partial charge in [-0.1, -0.05) is 6.07 Å². The van der Waals surface area contributed by atoms with Crippen LogP contribution in [0.5, 0.6) is 5.75 Å². The third-order valence-electron chi connectivity index (χ3n) is 4.76. The highest BCUT2D eigenvalue weighted by atomic mass is 32.1. The number of methoxy groups -OCH3 is 1. The molecule has 0 aliphatic carbocycles. The summed E-state index contributed by atoms with van der Waals surface area (Å²) in [6.07, 6.45) is 0. The minimum atomic E-state index is -0.576. The summed E-state index contributed by atoms with van der Waals surface area (Å²) >= 11 is 1.44. The van der Waals surface area contributed by atoms with Crippen molar-refractivity contribution in [2.24, 2.45) is 0 Å². The second-order valence-electron chi connectivity index (χ2n) is 7.21. The molecule has 0 aliphatic heterocycles. The first kappa shape index (κ1) is 21.6. The van der Waals surface area contributed by atoms with Gasteiger partial charge in [0.15, 0.2) is 17.4 Å². The molecule has 164 valence electrons. The highest BCUT2D eigenvalue weighted by molar-refractivity contribution is 7.13. The molecule has 4 aromatic rings. The molecule has 0 bridgehead atoms. The minimum Gasteiger partial charge on any atom is -0.494 e. The van der Waals surface area contributed by atoms with Gasteiger partial charge in [-0.3, -0.25) is 4.79 Å². The van der Waals surface area contributed by atoms with Crippen molar-refractivity contribution in [3.05, 3.63) is 77.4 Å². The number of hydrogen-bond acceptors (Lipinski definition) is 5. The Morgan fingerprint density at radius 3 is 2.47 bits per heavy atom. The number of carbonyl (C=O) groups is 1. The number of ether oxygens (including phenoxy) is 1. The van der Waals surface area contributed by atoms with Crippen molar-refractivity contribution in [1.82, 2.24) is 14.8 Å². The second-order valence-corrected chi connectivity index (χ2v) is 8.16. The van der Waals surface area contributed by atoms with Crippen molar-refractivity contribution < 1.29 is 18.3 Å². The summed E-state index contributed by atoms with van der Waals surface area (Å²) in [6.45, 7) is 3.63. The average molecular weight is 455 g/mol. The normalized spacial score (nSPS) is 11.1. The first-order chi connectivity index (χ1) is 15.4. The molecule has 2 aromatic carbocycles. The van der Waals surface area contributed by atoms with Crippen molar-refractivity contribution in [2.45, 2.75) is 19.9 Å². The number of anilines is 1.